The Morgan fingerprint density at radius 2 is 1.61 bits per heavy atom. The summed E-state index contributed by atoms with van der Waals surface area (Å²) in [6, 6.07) is 14.0. The van der Waals surface area contributed by atoms with Gasteiger partial charge in [0.25, 0.3) is 5.91 Å². The van der Waals surface area contributed by atoms with Crippen LogP contribution in [0.25, 0.3) is 0 Å². The largest absolute Gasteiger partial charge is 0.491 e. The number of amides is 1. The van der Waals surface area contributed by atoms with Crippen molar-refractivity contribution < 1.29 is 19.5 Å². The Hall–Kier alpha value is -2.37. The first-order valence-corrected chi connectivity index (χ1v) is 10.9. The third kappa shape index (κ3) is 5.66. The average molecular weight is 428 g/mol. The lowest BCUT2D eigenvalue weighted by atomic mass is 9.70. The summed E-state index contributed by atoms with van der Waals surface area (Å²) in [5, 5.41) is 10.3. The van der Waals surface area contributed by atoms with Crippen LogP contribution >= 0.6 is 0 Å². The molecular formula is C26H37NO4. The lowest BCUT2D eigenvalue weighted by Gasteiger charge is -2.34. The maximum absolute atomic E-state index is 12.0. The molecule has 0 saturated heterocycles. The fraction of sp³-hybridized carbons (Fsp3) is 0.500. The number of carbonyl (C=O) groups is 1. The highest BCUT2D eigenvalue weighted by Gasteiger charge is 2.31. The topological polar surface area (TPSA) is 67.8 Å². The molecule has 0 radical (unpaired) electrons. The van der Waals surface area contributed by atoms with Gasteiger partial charge in [-0.1, -0.05) is 58.9 Å². The molecule has 0 saturated carbocycles. The van der Waals surface area contributed by atoms with Crippen molar-refractivity contribution in [2.45, 2.75) is 65.9 Å². The molecule has 170 valence electrons. The molecule has 0 spiro atoms. The van der Waals surface area contributed by atoms with E-state index in [1.54, 1.807) is 0 Å². The first-order chi connectivity index (χ1) is 14.6. The van der Waals surface area contributed by atoms with Gasteiger partial charge in [-0.3, -0.25) is 9.63 Å². The number of hydrogen-bond donors (Lipinski definition) is 2. The van der Waals surface area contributed by atoms with E-state index in [1.165, 1.54) is 18.2 Å². The highest BCUT2D eigenvalue weighted by molar-refractivity contribution is 5.93. The summed E-state index contributed by atoms with van der Waals surface area (Å²) in [5.41, 5.74) is 5.95. The van der Waals surface area contributed by atoms with Crippen LogP contribution in [0, 0.1) is 12.3 Å². The lowest BCUT2D eigenvalue weighted by molar-refractivity contribution is 0.0216. The number of hydroxylamine groups is 1. The molecule has 2 aromatic rings. The second-order valence-corrected chi connectivity index (χ2v) is 9.17. The first-order valence-electron chi connectivity index (χ1n) is 10.9. The third-order valence-corrected chi connectivity index (χ3v) is 6.23. The van der Waals surface area contributed by atoms with Crippen LogP contribution in [-0.2, 0) is 10.3 Å². The predicted octanol–water partition coefficient (Wildman–Crippen LogP) is 5.18. The molecule has 5 heteroatoms. The summed E-state index contributed by atoms with van der Waals surface area (Å²) in [6.45, 7) is 12.7. The van der Waals surface area contributed by atoms with Gasteiger partial charge in [0.05, 0.1) is 13.2 Å². The van der Waals surface area contributed by atoms with E-state index in [9.17, 15) is 9.90 Å². The molecule has 0 aliphatic carbocycles. The van der Waals surface area contributed by atoms with E-state index in [0.717, 1.165) is 24.2 Å². The van der Waals surface area contributed by atoms with Crippen molar-refractivity contribution in [3.63, 3.8) is 0 Å². The molecule has 0 aromatic heterocycles. The van der Waals surface area contributed by atoms with Gasteiger partial charge in [-0.25, -0.2) is 5.48 Å². The Morgan fingerprint density at radius 1 is 1.03 bits per heavy atom. The quantitative estimate of drug-likeness (QED) is 0.541. The highest BCUT2D eigenvalue weighted by Crippen LogP contribution is 2.40. The van der Waals surface area contributed by atoms with Crippen molar-refractivity contribution in [2.24, 2.45) is 5.41 Å². The number of benzene rings is 2. The van der Waals surface area contributed by atoms with Gasteiger partial charge >= 0.3 is 0 Å². The van der Waals surface area contributed by atoms with Crippen LogP contribution in [0.1, 0.15) is 74.5 Å². The number of aliphatic hydroxyl groups excluding tert-OH is 1. The smallest absolute Gasteiger partial charge is 0.274 e. The normalized spacial score (nSPS) is 13.0. The Labute approximate surface area is 186 Å². The zero-order chi connectivity index (χ0) is 23.2. The summed E-state index contributed by atoms with van der Waals surface area (Å²) < 4.78 is 5.92. The molecule has 0 aliphatic heterocycles. The monoisotopic (exact) mass is 427 g/mol. The molecule has 1 unspecified atom stereocenters. The van der Waals surface area contributed by atoms with Crippen molar-refractivity contribution >= 4 is 5.91 Å². The Kier molecular flexibility index (Phi) is 8.27. The molecule has 1 amide bonds. The zero-order valence-electron chi connectivity index (χ0n) is 19.9. The van der Waals surface area contributed by atoms with Crippen LogP contribution in [0.2, 0.25) is 0 Å². The molecule has 2 rings (SSSR count). The lowest BCUT2D eigenvalue weighted by Crippen LogP contribution is -2.32. The van der Waals surface area contributed by atoms with E-state index >= 15 is 0 Å². The summed E-state index contributed by atoms with van der Waals surface area (Å²) in [5.74, 6) is 0.530. The van der Waals surface area contributed by atoms with Gasteiger partial charge < -0.3 is 9.84 Å². The number of ether oxygens (including phenoxy) is 1. The fourth-order valence-corrected chi connectivity index (χ4v) is 3.85. The Bertz CT molecular complexity index is 864. The van der Waals surface area contributed by atoms with Crippen LogP contribution in [0.15, 0.2) is 42.5 Å². The summed E-state index contributed by atoms with van der Waals surface area (Å²) in [7, 11) is 1.42. The number of aliphatic hydroxyl groups is 1. The summed E-state index contributed by atoms with van der Waals surface area (Å²) in [6.07, 6.45) is 1.32. The van der Waals surface area contributed by atoms with Crippen LogP contribution in [0.5, 0.6) is 5.75 Å². The van der Waals surface area contributed by atoms with E-state index in [1.807, 2.05) is 58.0 Å². The van der Waals surface area contributed by atoms with Gasteiger partial charge in [-0.2, -0.15) is 0 Å². The van der Waals surface area contributed by atoms with E-state index in [-0.39, 0.29) is 23.3 Å². The van der Waals surface area contributed by atoms with Crippen molar-refractivity contribution in [3.05, 3.63) is 64.7 Å². The maximum atomic E-state index is 12.0. The van der Waals surface area contributed by atoms with Crippen molar-refractivity contribution in [3.8, 4) is 5.75 Å². The molecule has 2 aromatic carbocycles. The van der Waals surface area contributed by atoms with Crippen LogP contribution in [0.4, 0.5) is 0 Å². The minimum absolute atomic E-state index is 0.162. The molecule has 0 bridgehead atoms. The fourth-order valence-electron chi connectivity index (χ4n) is 3.85. The van der Waals surface area contributed by atoms with E-state index < -0.39 is 6.10 Å². The highest BCUT2D eigenvalue weighted by atomic mass is 16.6. The second-order valence-electron chi connectivity index (χ2n) is 9.17. The van der Waals surface area contributed by atoms with Crippen molar-refractivity contribution in [2.75, 3.05) is 13.7 Å². The van der Waals surface area contributed by atoms with Crippen molar-refractivity contribution in [1.29, 1.82) is 0 Å². The first kappa shape index (κ1) is 24.9. The Morgan fingerprint density at radius 3 is 2.10 bits per heavy atom. The number of nitrogens with one attached hydrogen (secondary N) is 1. The third-order valence-electron chi connectivity index (χ3n) is 6.23. The maximum Gasteiger partial charge on any atom is 0.274 e. The number of hydrogen-bond acceptors (Lipinski definition) is 4. The molecule has 0 fully saturated rings. The molecule has 1 atom stereocenters. The van der Waals surface area contributed by atoms with E-state index in [0.29, 0.717) is 5.56 Å². The second kappa shape index (κ2) is 10.3. The summed E-state index contributed by atoms with van der Waals surface area (Å²) >= 11 is 0. The van der Waals surface area contributed by atoms with E-state index in [2.05, 4.69) is 31.5 Å². The zero-order valence-corrected chi connectivity index (χ0v) is 19.9. The molecule has 5 nitrogen and oxygen atoms in total. The van der Waals surface area contributed by atoms with Crippen LogP contribution in [-0.4, -0.2) is 30.8 Å². The molecule has 2 N–H and O–H groups in total. The average Bonchev–Trinajstić information content (AvgIpc) is 2.74. The van der Waals surface area contributed by atoms with Gasteiger partial charge in [0, 0.05) is 11.0 Å². The van der Waals surface area contributed by atoms with Gasteiger partial charge in [0.2, 0.25) is 0 Å². The van der Waals surface area contributed by atoms with Crippen molar-refractivity contribution in [1.82, 2.24) is 5.48 Å². The number of rotatable bonds is 9. The van der Waals surface area contributed by atoms with Gasteiger partial charge in [0.1, 0.15) is 12.4 Å². The number of carbonyl (C=O) groups excluding carboxylic acids is 1. The van der Waals surface area contributed by atoms with Gasteiger partial charge in [-0.05, 0) is 60.1 Å². The van der Waals surface area contributed by atoms with Gasteiger partial charge in [-0.15, -0.1) is 0 Å². The number of aryl methyl sites for hydroxylation is 1. The van der Waals surface area contributed by atoms with Crippen LogP contribution < -0.4 is 10.2 Å². The van der Waals surface area contributed by atoms with Gasteiger partial charge in [0.15, 0.2) is 0 Å². The molecular weight excluding hydrogens is 390 g/mol. The Balaban J connectivity index is 2.32. The predicted molar refractivity (Wildman–Crippen MR) is 124 cm³/mol. The van der Waals surface area contributed by atoms with Crippen LogP contribution in [0.3, 0.4) is 0 Å². The minimum atomic E-state index is -0.536. The molecule has 0 heterocycles. The minimum Gasteiger partial charge on any atom is -0.491 e. The molecule has 31 heavy (non-hydrogen) atoms. The molecule has 0 aliphatic rings. The SMILES string of the molecule is CCC(CC)(c1ccc(C(=O)NOC)cc1)c1ccc(OCC(O)C(C)(C)C)c(C)c1. The standard InChI is InChI=1S/C26H37NO4/c1-8-26(9-2,20-12-10-19(11-13-20)24(29)27-30-7)21-14-15-22(18(3)16-21)31-17-23(28)25(4,5)6/h10-16,23,28H,8-9,17H2,1-7H3,(H,27,29). The summed E-state index contributed by atoms with van der Waals surface area (Å²) in [4.78, 5) is 16.7. The van der Waals surface area contributed by atoms with E-state index in [4.69, 9.17) is 9.57 Å².